The summed E-state index contributed by atoms with van der Waals surface area (Å²) in [6.45, 7) is 0.245. The van der Waals surface area contributed by atoms with Crippen molar-refractivity contribution < 1.29 is 5.11 Å². The Morgan fingerprint density at radius 3 is 3.00 bits per heavy atom. The van der Waals surface area contributed by atoms with Crippen LogP contribution in [0.3, 0.4) is 0 Å². The molecule has 1 aliphatic carbocycles. The molecule has 1 aromatic carbocycles. The number of rotatable bonds is 3. The molecule has 4 nitrogen and oxygen atoms in total. The van der Waals surface area contributed by atoms with Gasteiger partial charge in [0.1, 0.15) is 0 Å². The molecule has 0 amide bonds. The van der Waals surface area contributed by atoms with Gasteiger partial charge < -0.3 is 15.4 Å². The number of aromatic nitrogens is 2. The standard InChI is InChI=1S/C12H15N3O/c13-6-11(16)9-2-1-3-10-12(9)15(7-14-10)8-4-5-8/h1-3,7-8,11,16H,4-6,13H2. The first-order valence-corrected chi connectivity index (χ1v) is 5.65. The molecule has 0 aliphatic heterocycles. The van der Waals surface area contributed by atoms with Crippen molar-refractivity contribution in [2.24, 2.45) is 5.73 Å². The van der Waals surface area contributed by atoms with E-state index in [2.05, 4.69) is 9.55 Å². The lowest BCUT2D eigenvalue weighted by atomic mass is 10.1. The number of nitrogens with two attached hydrogens (primary N) is 1. The monoisotopic (exact) mass is 217 g/mol. The van der Waals surface area contributed by atoms with Gasteiger partial charge in [0.15, 0.2) is 0 Å². The fourth-order valence-corrected chi connectivity index (χ4v) is 2.14. The van der Waals surface area contributed by atoms with Gasteiger partial charge in [0, 0.05) is 18.2 Å². The molecule has 3 N–H and O–H groups in total. The van der Waals surface area contributed by atoms with E-state index in [0.717, 1.165) is 16.6 Å². The van der Waals surface area contributed by atoms with E-state index in [-0.39, 0.29) is 6.54 Å². The summed E-state index contributed by atoms with van der Waals surface area (Å²) in [5.41, 5.74) is 8.40. The van der Waals surface area contributed by atoms with Crippen molar-refractivity contribution in [2.45, 2.75) is 25.0 Å². The first-order valence-electron chi connectivity index (χ1n) is 5.65. The smallest absolute Gasteiger partial charge is 0.0961 e. The highest BCUT2D eigenvalue weighted by Crippen LogP contribution is 2.38. The molecule has 1 heterocycles. The Kier molecular flexibility index (Phi) is 2.19. The second-order valence-electron chi connectivity index (χ2n) is 4.35. The summed E-state index contributed by atoms with van der Waals surface area (Å²) in [7, 11) is 0. The molecule has 0 spiro atoms. The highest BCUT2D eigenvalue weighted by molar-refractivity contribution is 5.79. The molecule has 1 aromatic heterocycles. The normalized spacial score (nSPS) is 17.9. The van der Waals surface area contributed by atoms with E-state index < -0.39 is 6.10 Å². The van der Waals surface area contributed by atoms with Crippen molar-refractivity contribution in [3.63, 3.8) is 0 Å². The number of imidazole rings is 1. The van der Waals surface area contributed by atoms with E-state index in [9.17, 15) is 5.11 Å². The Labute approximate surface area is 93.7 Å². The highest BCUT2D eigenvalue weighted by Gasteiger charge is 2.26. The Bertz CT molecular complexity index is 516. The van der Waals surface area contributed by atoms with E-state index in [1.807, 2.05) is 24.5 Å². The van der Waals surface area contributed by atoms with Crippen LogP contribution in [-0.4, -0.2) is 21.2 Å². The topological polar surface area (TPSA) is 64.1 Å². The number of aliphatic hydroxyl groups excluding tert-OH is 1. The number of hydrogen-bond acceptors (Lipinski definition) is 3. The van der Waals surface area contributed by atoms with Crippen LogP contribution >= 0.6 is 0 Å². The number of nitrogens with zero attached hydrogens (tertiary/aromatic N) is 2. The quantitative estimate of drug-likeness (QED) is 0.816. The average molecular weight is 217 g/mol. The van der Waals surface area contributed by atoms with Gasteiger partial charge in [-0.15, -0.1) is 0 Å². The van der Waals surface area contributed by atoms with E-state index in [1.54, 1.807) is 0 Å². The lowest BCUT2D eigenvalue weighted by molar-refractivity contribution is 0.188. The maximum Gasteiger partial charge on any atom is 0.0961 e. The molecule has 4 heteroatoms. The van der Waals surface area contributed by atoms with E-state index >= 15 is 0 Å². The second-order valence-corrected chi connectivity index (χ2v) is 4.35. The molecule has 1 aliphatic rings. The third-order valence-electron chi connectivity index (χ3n) is 3.15. The molecular weight excluding hydrogens is 202 g/mol. The summed E-state index contributed by atoms with van der Waals surface area (Å²) in [5, 5.41) is 9.91. The van der Waals surface area contributed by atoms with Crippen LogP contribution in [-0.2, 0) is 0 Å². The Balaban J connectivity index is 2.21. The van der Waals surface area contributed by atoms with Gasteiger partial charge in [0.05, 0.1) is 23.5 Å². The lowest BCUT2D eigenvalue weighted by Gasteiger charge is -2.11. The Morgan fingerprint density at radius 1 is 1.50 bits per heavy atom. The number of benzene rings is 1. The van der Waals surface area contributed by atoms with Crippen LogP contribution in [0.2, 0.25) is 0 Å². The van der Waals surface area contributed by atoms with Gasteiger partial charge in [0.2, 0.25) is 0 Å². The molecule has 16 heavy (non-hydrogen) atoms. The van der Waals surface area contributed by atoms with Crippen LogP contribution in [0.1, 0.15) is 30.6 Å². The minimum Gasteiger partial charge on any atom is -0.387 e. The summed E-state index contributed by atoms with van der Waals surface area (Å²) < 4.78 is 2.17. The van der Waals surface area contributed by atoms with Crippen molar-refractivity contribution in [3.05, 3.63) is 30.1 Å². The predicted octanol–water partition coefficient (Wildman–Crippen LogP) is 1.36. The van der Waals surface area contributed by atoms with Gasteiger partial charge in [-0.25, -0.2) is 4.98 Å². The van der Waals surface area contributed by atoms with E-state index in [4.69, 9.17) is 5.73 Å². The van der Waals surface area contributed by atoms with Gasteiger partial charge in [0.25, 0.3) is 0 Å². The molecule has 1 saturated carbocycles. The Morgan fingerprint density at radius 2 is 2.31 bits per heavy atom. The third-order valence-corrected chi connectivity index (χ3v) is 3.15. The zero-order valence-electron chi connectivity index (χ0n) is 9.00. The van der Waals surface area contributed by atoms with E-state index in [1.165, 1.54) is 12.8 Å². The molecule has 1 atom stereocenters. The molecule has 1 fully saturated rings. The van der Waals surface area contributed by atoms with Crippen LogP contribution in [0.15, 0.2) is 24.5 Å². The van der Waals surface area contributed by atoms with Crippen LogP contribution in [0, 0.1) is 0 Å². The molecule has 0 radical (unpaired) electrons. The predicted molar refractivity (Wildman–Crippen MR) is 62.0 cm³/mol. The summed E-state index contributed by atoms with van der Waals surface area (Å²) >= 11 is 0. The highest BCUT2D eigenvalue weighted by atomic mass is 16.3. The van der Waals surface area contributed by atoms with Gasteiger partial charge in [-0.1, -0.05) is 12.1 Å². The van der Waals surface area contributed by atoms with Crippen molar-refractivity contribution in [2.75, 3.05) is 6.54 Å². The molecule has 0 saturated heterocycles. The number of aliphatic hydroxyl groups is 1. The first kappa shape index (κ1) is 9.81. The zero-order chi connectivity index (χ0) is 11.1. The van der Waals surface area contributed by atoms with Gasteiger partial charge in [-0.3, -0.25) is 0 Å². The first-order chi connectivity index (χ1) is 7.81. The fourth-order valence-electron chi connectivity index (χ4n) is 2.14. The molecule has 2 aromatic rings. The zero-order valence-corrected chi connectivity index (χ0v) is 9.00. The van der Waals surface area contributed by atoms with Gasteiger partial charge in [-0.05, 0) is 18.9 Å². The molecule has 1 unspecified atom stereocenters. The molecule has 84 valence electrons. The lowest BCUT2D eigenvalue weighted by Crippen LogP contribution is -2.12. The van der Waals surface area contributed by atoms with Crippen molar-refractivity contribution in [3.8, 4) is 0 Å². The molecule has 3 rings (SSSR count). The molecular formula is C12H15N3O. The largest absolute Gasteiger partial charge is 0.387 e. The summed E-state index contributed by atoms with van der Waals surface area (Å²) in [5.74, 6) is 0. The van der Waals surface area contributed by atoms with Crippen LogP contribution in [0.4, 0.5) is 0 Å². The second kappa shape index (κ2) is 3.57. The number of fused-ring (bicyclic) bond motifs is 1. The third kappa shape index (κ3) is 1.42. The number of hydrogen-bond donors (Lipinski definition) is 2. The van der Waals surface area contributed by atoms with Gasteiger partial charge in [-0.2, -0.15) is 0 Å². The summed E-state index contributed by atoms with van der Waals surface area (Å²) in [6.07, 6.45) is 3.68. The Hall–Kier alpha value is -1.39. The SMILES string of the molecule is NCC(O)c1cccc2ncn(C3CC3)c12. The van der Waals surface area contributed by atoms with Crippen molar-refractivity contribution >= 4 is 11.0 Å². The summed E-state index contributed by atoms with van der Waals surface area (Å²) in [4.78, 5) is 4.37. The van der Waals surface area contributed by atoms with E-state index in [0.29, 0.717) is 6.04 Å². The molecule has 0 bridgehead atoms. The van der Waals surface area contributed by atoms with Crippen molar-refractivity contribution in [1.82, 2.24) is 9.55 Å². The fraction of sp³-hybridized carbons (Fsp3) is 0.417. The van der Waals surface area contributed by atoms with Gasteiger partial charge >= 0.3 is 0 Å². The van der Waals surface area contributed by atoms with Crippen molar-refractivity contribution in [1.29, 1.82) is 0 Å². The van der Waals surface area contributed by atoms with Crippen LogP contribution < -0.4 is 5.73 Å². The van der Waals surface area contributed by atoms with Crippen LogP contribution in [0.5, 0.6) is 0 Å². The summed E-state index contributed by atoms with van der Waals surface area (Å²) in [6, 6.07) is 6.39. The average Bonchev–Trinajstić information content (AvgIpc) is 3.07. The van der Waals surface area contributed by atoms with Crippen LogP contribution in [0.25, 0.3) is 11.0 Å². The maximum absolute atomic E-state index is 9.91. The minimum absolute atomic E-state index is 0.245. The maximum atomic E-state index is 9.91. The number of para-hydroxylation sites is 1. The minimum atomic E-state index is -0.599.